The number of hydrogen-bond donors (Lipinski definition) is 2. The van der Waals surface area contributed by atoms with Crippen LogP contribution in [0.15, 0.2) is 24.3 Å². The maximum Gasteiger partial charge on any atom is 0.407 e. The van der Waals surface area contributed by atoms with Crippen molar-refractivity contribution in [2.45, 2.75) is 66.2 Å². The Balaban J connectivity index is 2.60. The van der Waals surface area contributed by atoms with E-state index in [1.807, 2.05) is 26.8 Å². The average Bonchev–Trinajstić information content (AvgIpc) is 2.41. The molecule has 4 heteroatoms. The number of aryl methyl sites for hydroxylation is 1. The molecule has 1 aromatic rings. The van der Waals surface area contributed by atoms with Gasteiger partial charge in [-0.2, -0.15) is 0 Å². The number of benzene rings is 1. The first kappa shape index (κ1) is 19.5. The molecule has 2 unspecified atom stereocenters. The summed E-state index contributed by atoms with van der Waals surface area (Å²) >= 11 is 0. The summed E-state index contributed by atoms with van der Waals surface area (Å²) in [5.74, 6) is 0.319. The van der Waals surface area contributed by atoms with Crippen molar-refractivity contribution in [1.82, 2.24) is 10.6 Å². The minimum absolute atomic E-state index is 0.0244. The molecule has 0 heterocycles. The SMILES string of the molecule is Cc1ccccc1C(C)NCC(NC(=O)OC(C)(C)C)C(C)C. The smallest absolute Gasteiger partial charge is 0.407 e. The Morgan fingerprint density at radius 3 is 2.30 bits per heavy atom. The number of hydrogen-bond acceptors (Lipinski definition) is 3. The zero-order valence-corrected chi connectivity index (χ0v) is 15.6. The first-order valence-corrected chi connectivity index (χ1v) is 8.38. The van der Waals surface area contributed by atoms with Crippen molar-refractivity contribution >= 4 is 6.09 Å². The Hall–Kier alpha value is -1.55. The van der Waals surface area contributed by atoms with E-state index in [2.05, 4.69) is 56.5 Å². The fourth-order valence-corrected chi connectivity index (χ4v) is 2.40. The summed E-state index contributed by atoms with van der Waals surface area (Å²) < 4.78 is 5.35. The van der Waals surface area contributed by atoms with Crippen molar-refractivity contribution < 1.29 is 9.53 Å². The van der Waals surface area contributed by atoms with Crippen LogP contribution in [-0.4, -0.2) is 24.3 Å². The topological polar surface area (TPSA) is 50.4 Å². The van der Waals surface area contributed by atoms with Crippen molar-refractivity contribution in [2.75, 3.05) is 6.54 Å². The van der Waals surface area contributed by atoms with Crippen LogP contribution in [0.5, 0.6) is 0 Å². The molecule has 0 saturated heterocycles. The van der Waals surface area contributed by atoms with Crippen molar-refractivity contribution in [3.8, 4) is 0 Å². The predicted molar refractivity (Wildman–Crippen MR) is 95.6 cm³/mol. The molecule has 23 heavy (non-hydrogen) atoms. The molecule has 0 fully saturated rings. The lowest BCUT2D eigenvalue weighted by molar-refractivity contribution is 0.0489. The highest BCUT2D eigenvalue weighted by atomic mass is 16.6. The highest BCUT2D eigenvalue weighted by Gasteiger charge is 2.22. The summed E-state index contributed by atoms with van der Waals surface area (Å²) in [6, 6.07) is 8.62. The number of ether oxygens (including phenoxy) is 1. The molecule has 0 radical (unpaired) electrons. The van der Waals surface area contributed by atoms with Crippen molar-refractivity contribution in [3.63, 3.8) is 0 Å². The van der Waals surface area contributed by atoms with Gasteiger partial charge in [0.15, 0.2) is 0 Å². The molecule has 1 amide bonds. The third-order valence-electron chi connectivity index (χ3n) is 3.81. The minimum Gasteiger partial charge on any atom is -0.444 e. The van der Waals surface area contributed by atoms with Gasteiger partial charge in [-0.15, -0.1) is 0 Å². The number of rotatable bonds is 6. The molecule has 2 N–H and O–H groups in total. The van der Waals surface area contributed by atoms with E-state index in [0.717, 1.165) is 0 Å². The average molecular weight is 320 g/mol. The first-order chi connectivity index (χ1) is 10.6. The molecule has 0 bridgehead atoms. The molecule has 2 atom stereocenters. The monoisotopic (exact) mass is 320 g/mol. The van der Waals surface area contributed by atoms with Gasteiger partial charge in [-0.3, -0.25) is 0 Å². The lowest BCUT2D eigenvalue weighted by Gasteiger charge is -2.27. The lowest BCUT2D eigenvalue weighted by Crippen LogP contribution is -2.47. The van der Waals surface area contributed by atoms with E-state index < -0.39 is 5.60 Å². The van der Waals surface area contributed by atoms with E-state index in [1.165, 1.54) is 11.1 Å². The number of alkyl carbamates (subject to hydrolysis) is 1. The standard InChI is InChI=1S/C19H32N2O2/c1-13(2)17(21-18(22)23-19(5,6)7)12-20-15(4)16-11-9-8-10-14(16)3/h8-11,13,15,17,20H,12H2,1-7H3,(H,21,22). The van der Waals surface area contributed by atoms with Crippen LogP contribution in [0.25, 0.3) is 0 Å². The highest BCUT2D eigenvalue weighted by molar-refractivity contribution is 5.68. The van der Waals surface area contributed by atoms with Gasteiger partial charge in [0.05, 0.1) is 0 Å². The van der Waals surface area contributed by atoms with Crippen LogP contribution in [0.3, 0.4) is 0 Å². The van der Waals surface area contributed by atoms with Crippen molar-refractivity contribution in [2.24, 2.45) is 5.92 Å². The van der Waals surface area contributed by atoms with Crippen molar-refractivity contribution in [1.29, 1.82) is 0 Å². The maximum absolute atomic E-state index is 12.0. The Morgan fingerprint density at radius 1 is 1.17 bits per heavy atom. The second-order valence-corrected chi connectivity index (χ2v) is 7.48. The van der Waals surface area contributed by atoms with Crippen LogP contribution < -0.4 is 10.6 Å². The lowest BCUT2D eigenvalue weighted by atomic mass is 10.0. The van der Waals surface area contributed by atoms with Gasteiger partial charge in [-0.05, 0) is 51.7 Å². The number of carbonyl (C=O) groups excluding carboxylic acids is 1. The molecular formula is C19H32N2O2. The predicted octanol–water partition coefficient (Wildman–Crippen LogP) is 4.19. The number of amides is 1. The molecule has 0 spiro atoms. The van der Waals surface area contributed by atoms with Gasteiger partial charge in [0.1, 0.15) is 5.60 Å². The Kier molecular flexibility index (Phi) is 7.07. The largest absolute Gasteiger partial charge is 0.444 e. The molecular weight excluding hydrogens is 288 g/mol. The Labute approximate surface area is 141 Å². The molecule has 1 rings (SSSR count). The maximum atomic E-state index is 12.0. The first-order valence-electron chi connectivity index (χ1n) is 8.38. The second kappa shape index (κ2) is 8.34. The Morgan fingerprint density at radius 2 is 1.78 bits per heavy atom. The molecule has 0 saturated carbocycles. The zero-order valence-electron chi connectivity index (χ0n) is 15.6. The third kappa shape index (κ3) is 7.04. The normalized spacial score (nSPS) is 14.4. The second-order valence-electron chi connectivity index (χ2n) is 7.48. The zero-order chi connectivity index (χ0) is 17.6. The highest BCUT2D eigenvalue weighted by Crippen LogP contribution is 2.17. The van der Waals surface area contributed by atoms with Gasteiger partial charge in [-0.25, -0.2) is 4.79 Å². The van der Waals surface area contributed by atoms with Gasteiger partial charge in [-0.1, -0.05) is 38.1 Å². The van der Waals surface area contributed by atoms with E-state index >= 15 is 0 Å². The van der Waals surface area contributed by atoms with E-state index in [0.29, 0.717) is 12.5 Å². The molecule has 4 nitrogen and oxygen atoms in total. The third-order valence-corrected chi connectivity index (χ3v) is 3.81. The van der Waals surface area contributed by atoms with E-state index in [9.17, 15) is 4.79 Å². The summed E-state index contributed by atoms with van der Waals surface area (Å²) in [6.45, 7) is 14.8. The minimum atomic E-state index is -0.479. The van der Waals surface area contributed by atoms with E-state index in [1.54, 1.807) is 0 Å². The fourth-order valence-electron chi connectivity index (χ4n) is 2.40. The summed E-state index contributed by atoms with van der Waals surface area (Å²) in [7, 11) is 0. The Bertz CT molecular complexity index is 506. The van der Waals surface area contributed by atoms with E-state index in [-0.39, 0.29) is 18.2 Å². The van der Waals surface area contributed by atoms with Gasteiger partial charge >= 0.3 is 6.09 Å². The van der Waals surface area contributed by atoms with Gasteiger partial charge < -0.3 is 15.4 Å². The van der Waals surface area contributed by atoms with Crippen molar-refractivity contribution in [3.05, 3.63) is 35.4 Å². The van der Waals surface area contributed by atoms with Crippen LogP contribution in [-0.2, 0) is 4.74 Å². The molecule has 0 aliphatic carbocycles. The quantitative estimate of drug-likeness (QED) is 0.826. The molecule has 0 aromatic heterocycles. The van der Waals surface area contributed by atoms with Gasteiger partial charge in [0.25, 0.3) is 0 Å². The fraction of sp³-hybridized carbons (Fsp3) is 0.632. The van der Waals surface area contributed by atoms with Crippen LogP contribution in [0, 0.1) is 12.8 Å². The van der Waals surface area contributed by atoms with Crippen LogP contribution in [0.1, 0.15) is 58.7 Å². The van der Waals surface area contributed by atoms with Gasteiger partial charge in [0, 0.05) is 18.6 Å². The molecule has 130 valence electrons. The molecule has 1 aromatic carbocycles. The summed E-state index contributed by atoms with van der Waals surface area (Å²) in [5.41, 5.74) is 2.08. The van der Waals surface area contributed by atoms with Crippen LogP contribution >= 0.6 is 0 Å². The molecule has 0 aliphatic rings. The summed E-state index contributed by atoms with van der Waals surface area (Å²) in [5, 5.41) is 6.49. The summed E-state index contributed by atoms with van der Waals surface area (Å²) in [4.78, 5) is 12.0. The van der Waals surface area contributed by atoms with Gasteiger partial charge in [0.2, 0.25) is 0 Å². The number of carbonyl (C=O) groups is 1. The van der Waals surface area contributed by atoms with Crippen LogP contribution in [0.2, 0.25) is 0 Å². The number of nitrogens with one attached hydrogen (secondary N) is 2. The van der Waals surface area contributed by atoms with E-state index in [4.69, 9.17) is 4.74 Å². The summed E-state index contributed by atoms with van der Waals surface area (Å²) in [6.07, 6.45) is -0.360. The van der Waals surface area contributed by atoms with Crippen LogP contribution in [0.4, 0.5) is 4.79 Å². The molecule has 0 aliphatic heterocycles.